The van der Waals surface area contributed by atoms with E-state index in [0.29, 0.717) is 30.8 Å². The standard InChI is InChI=1S/C25H34N2O6S/c1-18-9-10-21(16-24(18)34(30,31)26-11-6-5-7-12-26)25(29)33-17-23(28)22-15-19(2)27(20(22)3)13-8-14-32-4/h9-10,15-16H,5-8,11-14,17H2,1-4H3. The SMILES string of the molecule is COCCCn1c(C)cc(C(=O)COC(=O)c2ccc(C)c(S(=O)(=O)N3CCCCC3)c2)c1C. The highest BCUT2D eigenvalue weighted by Crippen LogP contribution is 2.25. The minimum atomic E-state index is -3.69. The van der Waals surface area contributed by atoms with Crippen LogP contribution in [0.5, 0.6) is 0 Å². The summed E-state index contributed by atoms with van der Waals surface area (Å²) in [5, 5.41) is 0. The van der Waals surface area contributed by atoms with Crippen LogP contribution in [0.15, 0.2) is 29.2 Å². The molecule has 1 saturated heterocycles. The number of benzene rings is 1. The molecule has 0 spiro atoms. The summed E-state index contributed by atoms with van der Waals surface area (Å²) in [5.41, 5.74) is 2.97. The van der Waals surface area contributed by atoms with Crippen LogP contribution in [0.4, 0.5) is 0 Å². The van der Waals surface area contributed by atoms with Gasteiger partial charge in [-0.3, -0.25) is 4.79 Å². The van der Waals surface area contributed by atoms with Crippen molar-refractivity contribution < 1.29 is 27.5 Å². The second kappa shape index (κ2) is 11.3. The average Bonchev–Trinajstić information content (AvgIpc) is 3.11. The molecule has 0 aliphatic carbocycles. The smallest absolute Gasteiger partial charge is 0.338 e. The molecule has 2 aromatic rings. The number of carbonyl (C=O) groups excluding carboxylic acids is 2. The molecule has 0 radical (unpaired) electrons. The topological polar surface area (TPSA) is 94.9 Å². The molecule has 1 fully saturated rings. The predicted octanol–water partition coefficient (Wildman–Crippen LogP) is 3.66. The van der Waals surface area contributed by atoms with Gasteiger partial charge in [-0.1, -0.05) is 12.5 Å². The van der Waals surface area contributed by atoms with Crippen molar-refractivity contribution in [3.8, 4) is 0 Å². The lowest BCUT2D eigenvalue weighted by Crippen LogP contribution is -2.36. The predicted molar refractivity (Wildman–Crippen MR) is 129 cm³/mol. The highest BCUT2D eigenvalue weighted by atomic mass is 32.2. The zero-order valence-corrected chi connectivity index (χ0v) is 21.2. The number of sulfonamides is 1. The van der Waals surface area contributed by atoms with Gasteiger partial charge in [0.05, 0.1) is 10.5 Å². The maximum Gasteiger partial charge on any atom is 0.338 e. The number of hydrogen-bond acceptors (Lipinski definition) is 6. The zero-order chi connectivity index (χ0) is 24.9. The Labute approximate surface area is 201 Å². The maximum atomic E-state index is 13.1. The summed E-state index contributed by atoms with van der Waals surface area (Å²) < 4.78 is 40.1. The number of methoxy groups -OCH3 is 1. The van der Waals surface area contributed by atoms with Gasteiger partial charge >= 0.3 is 5.97 Å². The van der Waals surface area contributed by atoms with Crippen molar-refractivity contribution in [1.29, 1.82) is 0 Å². The number of hydrogen-bond donors (Lipinski definition) is 0. The van der Waals surface area contributed by atoms with Crippen LogP contribution < -0.4 is 0 Å². The molecule has 0 N–H and O–H groups in total. The lowest BCUT2D eigenvalue weighted by Gasteiger charge is -2.26. The molecule has 8 nitrogen and oxygen atoms in total. The number of aromatic nitrogens is 1. The molecular weight excluding hydrogens is 456 g/mol. The van der Waals surface area contributed by atoms with Crippen molar-refractivity contribution in [2.45, 2.75) is 57.9 Å². The van der Waals surface area contributed by atoms with Crippen molar-refractivity contribution in [3.63, 3.8) is 0 Å². The molecule has 0 unspecified atom stereocenters. The number of carbonyl (C=O) groups is 2. The van der Waals surface area contributed by atoms with Crippen molar-refractivity contribution in [2.75, 3.05) is 33.4 Å². The highest BCUT2D eigenvalue weighted by molar-refractivity contribution is 7.89. The molecular formula is C25H34N2O6S. The number of ether oxygens (including phenoxy) is 2. The van der Waals surface area contributed by atoms with Gasteiger partial charge in [0.25, 0.3) is 0 Å². The monoisotopic (exact) mass is 490 g/mol. The van der Waals surface area contributed by atoms with Gasteiger partial charge in [-0.25, -0.2) is 13.2 Å². The minimum Gasteiger partial charge on any atom is -0.454 e. The van der Waals surface area contributed by atoms with Gasteiger partial charge < -0.3 is 14.0 Å². The molecule has 0 saturated carbocycles. The summed E-state index contributed by atoms with van der Waals surface area (Å²) in [7, 11) is -2.04. The number of piperidine rings is 1. The first-order valence-corrected chi connectivity index (χ1v) is 13.1. The Balaban J connectivity index is 1.70. The lowest BCUT2D eigenvalue weighted by atomic mass is 10.1. The minimum absolute atomic E-state index is 0.106. The molecule has 1 aromatic heterocycles. The van der Waals surface area contributed by atoms with Crippen molar-refractivity contribution >= 4 is 21.8 Å². The van der Waals surface area contributed by atoms with Crippen molar-refractivity contribution in [2.24, 2.45) is 0 Å². The summed E-state index contributed by atoms with van der Waals surface area (Å²) in [4.78, 5) is 25.5. The van der Waals surface area contributed by atoms with E-state index in [9.17, 15) is 18.0 Å². The number of esters is 1. The average molecular weight is 491 g/mol. The van der Waals surface area contributed by atoms with Crippen LogP contribution in [0.2, 0.25) is 0 Å². The third kappa shape index (κ3) is 5.76. The van der Waals surface area contributed by atoms with E-state index in [1.807, 2.05) is 18.4 Å². The van der Waals surface area contributed by atoms with Gasteiger partial charge in [0.1, 0.15) is 0 Å². The molecule has 1 aromatic carbocycles. The van der Waals surface area contributed by atoms with Crippen LogP contribution >= 0.6 is 0 Å². The Hall–Kier alpha value is -2.49. The molecule has 3 rings (SSSR count). The van der Waals surface area contributed by atoms with E-state index in [1.54, 1.807) is 26.2 Å². The van der Waals surface area contributed by atoms with Crippen LogP contribution in [0.3, 0.4) is 0 Å². The molecule has 1 aliphatic rings. The maximum absolute atomic E-state index is 13.1. The largest absolute Gasteiger partial charge is 0.454 e. The van der Waals surface area contributed by atoms with E-state index in [-0.39, 0.29) is 16.2 Å². The highest BCUT2D eigenvalue weighted by Gasteiger charge is 2.28. The molecule has 0 amide bonds. The van der Waals surface area contributed by atoms with Crippen LogP contribution in [0.1, 0.15) is 63.4 Å². The first-order valence-electron chi connectivity index (χ1n) is 11.6. The van der Waals surface area contributed by atoms with Crippen LogP contribution in [-0.2, 0) is 26.0 Å². The van der Waals surface area contributed by atoms with Crippen LogP contribution in [0, 0.1) is 20.8 Å². The fraction of sp³-hybridized carbons (Fsp3) is 0.520. The molecule has 0 bridgehead atoms. The summed E-state index contributed by atoms with van der Waals surface area (Å²) in [6.45, 7) is 7.41. The van der Waals surface area contributed by atoms with Gasteiger partial charge in [-0.15, -0.1) is 0 Å². The van der Waals surface area contributed by atoms with E-state index in [0.717, 1.165) is 43.6 Å². The number of rotatable bonds is 10. The van der Waals surface area contributed by atoms with E-state index in [2.05, 4.69) is 0 Å². The van der Waals surface area contributed by atoms with E-state index >= 15 is 0 Å². The Kier molecular flexibility index (Phi) is 8.67. The second-order valence-electron chi connectivity index (χ2n) is 8.73. The quantitative estimate of drug-likeness (QED) is 0.287. The Morgan fingerprint density at radius 1 is 1.03 bits per heavy atom. The molecule has 9 heteroatoms. The van der Waals surface area contributed by atoms with E-state index in [4.69, 9.17) is 9.47 Å². The van der Waals surface area contributed by atoms with Gasteiger partial charge in [0.15, 0.2) is 6.61 Å². The van der Waals surface area contributed by atoms with E-state index in [1.165, 1.54) is 16.4 Å². The zero-order valence-electron chi connectivity index (χ0n) is 20.4. The van der Waals surface area contributed by atoms with Gasteiger partial charge in [0.2, 0.25) is 15.8 Å². The molecule has 34 heavy (non-hydrogen) atoms. The molecule has 186 valence electrons. The summed E-state index contributed by atoms with van der Waals surface area (Å²) >= 11 is 0. The Morgan fingerprint density at radius 3 is 2.41 bits per heavy atom. The second-order valence-corrected chi connectivity index (χ2v) is 10.6. The number of ketones is 1. The van der Waals surface area contributed by atoms with Gasteiger partial charge in [0, 0.05) is 50.3 Å². The fourth-order valence-electron chi connectivity index (χ4n) is 4.34. The Bertz CT molecular complexity index is 1150. The van der Waals surface area contributed by atoms with Crippen LogP contribution in [0.25, 0.3) is 0 Å². The summed E-state index contributed by atoms with van der Waals surface area (Å²) in [6.07, 6.45) is 3.50. The van der Waals surface area contributed by atoms with Crippen LogP contribution in [-0.4, -0.2) is 62.5 Å². The third-order valence-corrected chi connectivity index (χ3v) is 8.34. The number of nitrogens with zero attached hydrogens (tertiary/aromatic N) is 2. The first kappa shape index (κ1) is 26.1. The molecule has 0 atom stereocenters. The Morgan fingerprint density at radius 2 is 1.74 bits per heavy atom. The van der Waals surface area contributed by atoms with E-state index < -0.39 is 22.6 Å². The summed E-state index contributed by atoms with van der Waals surface area (Å²) in [5.74, 6) is -1.02. The van der Waals surface area contributed by atoms with Gasteiger partial charge in [-0.2, -0.15) is 4.31 Å². The first-order chi connectivity index (χ1) is 16.2. The fourth-order valence-corrected chi connectivity index (χ4v) is 6.10. The summed E-state index contributed by atoms with van der Waals surface area (Å²) in [6, 6.07) is 6.28. The van der Waals surface area contributed by atoms with Crippen molar-refractivity contribution in [1.82, 2.24) is 8.87 Å². The lowest BCUT2D eigenvalue weighted by molar-refractivity contribution is 0.0474. The van der Waals surface area contributed by atoms with Gasteiger partial charge in [-0.05, 0) is 63.8 Å². The molecule has 1 aliphatic heterocycles. The molecule has 2 heterocycles. The number of Topliss-reactive ketones (excluding diaryl/α,β-unsaturated/α-hetero) is 1. The van der Waals surface area contributed by atoms with Crippen molar-refractivity contribution in [3.05, 3.63) is 52.3 Å². The normalized spacial score (nSPS) is 14.8. The number of aryl methyl sites for hydroxylation is 2. The third-order valence-electron chi connectivity index (χ3n) is 6.30.